The molecule has 0 aliphatic carbocycles. The Morgan fingerprint density at radius 1 is 1.29 bits per heavy atom. The first-order valence-corrected chi connectivity index (χ1v) is 7.58. The monoisotopic (exact) mass is 312 g/mol. The van der Waals surface area contributed by atoms with Crippen molar-refractivity contribution in [1.29, 1.82) is 0 Å². The molecular formula is C12H16N4O4S. The molecule has 0 amide bonds. The van der Waals surface area contributed by atoms with Gasteiger partial charge in [0.25, 0.3) is 0 Å². The normalized spacial score (nSPS) is 29.3. The number of aliphatic hydroxyl groups is 3. The van der Waals surface area contributed by atoms with Crippen LogP contribution in [0.3, 0.4) is 0 Å². The molecule has 3 rings (SSSR count). The van der Waals surface area contributed by atoms with Gasteiger partial charge in [0.05, 0.1) is 12.9 Å². The maximum Gasteiger partial charge on any atom is 0.166 e. The maximum atomic E-state index is 10.1. The Kier molecular flexibility index (Phi) is 4.09. The minimum atomic E-state index is -1.16. The summed E-state index contributed by atoms with van der Waals surface area (Å²) in [4.78, 5) is 12.6. The molecule has 3 heterocycles. The second kappa shape index (κ2) is 5.85. The van der Waals surface area contributed by atoms with Crippen LogP contribution in [0.5, 0.6) is 0 Å². The third-order valence-corrected chi connectivity index (χ3v) is 4.26. The largest absolute Gasteiger partial charge is 0.394 e. The highest BCUT2D eigenvalue weighted by molar-refractivity contribution is 7.99. The van der Waals surface area contributed by atoms with Crippen LogP contribution in [0.25, 0.3) is 11.2 Å². The molecule has 0 spiro atoms. The lowest BCUT2D eigenvalue weighted by Crippen LogP contribution is -2.33. The van der Waals surface area contributed by atoms with Gasteiger partial charge in [-0.25, -0.2) is 15.0 Å². The first kappa shape index (κ1) is 14.7. The minimum Gasteiger partial charge on any atom is -0.394 e. The summed E-state index contributed by atoms with van der Waals surface area (Å²) in [5.41, 5.74) is 1.15. The van der Waals surface area contributed by atoms with E-state index in [4.69, 9.17) is 9.84 Å². The summed E-state index contributed by atoms with van der Waals surface area (Å²) in [7, 11) is 0. The van der Waals surface area contributed by atoms with Gasteiger partial charge < -0.3 is 20.1 Å². The van der Waals surface area contributed by atoms with E-state index >= 15 is 0 Å². The van der Waals surface area contributed by atoms with Gasteiger partial charge in [-0.1, -0.05) is 6.92 Å². The van der Waals surface area contributed by atoms with Gasteiger partial charge in [-0.05, 0) is 5.75 Å². The van der Waals surface area contributed by atoms with E-state index in [2.05, 4.69) is 15.0 Å². The number of ether oxygens (including phenoxy) is 1. The summed E-state index contributed by atoms with van der Waals surface area (Å²) in [6.07, 6.45) is -1.04. The molecule has 0 saturated carbocycles. The van der Waals surface area contributed by atoms with Crippen LogP contribution in [0.15, 0.2) is 17.7 Å². The van der Waals surface area contributed by atoms with Crippen LogP contribution < -0.4 is 0 Å². The average Bonchev–Trinajstić information content (AvgIpc) is 3.03. The van der Waals surface area contributed by atoms with Gasteiger partial charge in [0.2, 0.25) is 0 Å². The predicted molar refractivity (Wildman–Crippen MR) is 74.7 cm³/mol. The van der Waals surface area contributed by atoms with Crippen LogP contribution in [0.1, 0.15) is 13.2 Å². The Hall–Kier alpha value is -1.26. The Morgan fingerprint density at radius 3 is 2.76 bits per heavy atom. The van der Waals surface area contributed by atoms with Gasteiger partial charge in [0.15, 0.2) is 11.9 Å². The third-order valence-electron chi connectivity index (χ3n) is 3.40. The lowest BCUT2D eigenvalue weighted by atomic mass is 10.1. The number of rotatable bonds is 4. The summed E-state index contributed by atoms with van der Waals surface area (Å²) >= 11 is 1.55. The number of hydrogen-bond donors (Lipinski definition) is 3. The third kappa shape index (κ3) is 2.40. The van der Waals surface area contributed by atoms with Crippen molar-refractivity contribution in [1.82, 2.24) is 19.5 Å². The molecule has 1 unspecified atom stereocenters. The maximum absolute atomic E-state index is 10.1. The molecule has 4 atom stereocenters. The standard InChI is InChI=1S/C12H16N4O4S/c1-2-21-11-7-10(13-4-14-11)16(5-15-7)12-9(19)8(18)6(3-17)20-12/h4-6,8-9,12,17-19H,2-3H2,1H3/t6-,8-,9-,12?/m1/s1. The molecule has 2 aromatic heterocycles. The van der Waals surface area contributed by atoms with Crippen LogP contribution in [-0.2, 0) is 4.74 Å². The smallest absolute Gasteiger partial charge is 0.166 e. The summed E-state index contributed by atoms with van der Waals surface area (Å²) < 4.78 is 7.05. The van der Waals surface area contributed by atoms with Gasteiger partial charge in [-0.3, -0.25) is 4.57 Å². The molecule has 1 fully saturated rings. The Labute approximate surface area is 124 Å². The highest BCUT2D eigenvalue weighted by Gasteiger charge is 2.43. The number of thioether (sulfide) groups is 1. The fraction of sp³-hybridized carbons (Fsp3) is 0.583. The molecule has 8 nitrogen and oxygen atoms in total. The van der Waals surface area contributed by atoms with E-state index in [1.54, 1.807) is 16.3 Å². The molecule has 1 aliphatic heterocycles. The van der Waals surface area contributed by atoms with E-state index in [1.165, 1.54) is 12.7 Å². The number of hydrogen-bond acceptors (Lipinski definition) is 8. The minimum absolute atomic E-state index is 0.368. The van der Waals surface area contributed by atoms with Gasteiger partial charge in [-0.15, -0.1) is 11.8 Å². The van der Waals surface area contributed by atoms with Gasteiger partial charge >= 0.3 is 0 Å². The fourth-order valence-corrected chi connectivity index (χ4v) is 3.04. The number of aromatic nitrogens is 4. The van der Waals surface area contributed by atoms with Crippen molar-refractivity contribution in [2.24, 2.45) is 0 Å². The lowest BCUT2D eigenvalue weighted by molar-refractivity contribution is -0.0511. The van der Waals surface area contributed by atoms with E-state index in [9.17, 15) is 10.2 Å². The number of aliphatic hydroxyl groups excluding tert-OH is 3. The summed E-state index contributed by atoms with van der Waals surface area (Å²) in [6.45, 7) is 1.65. The molecule has 3 N–H and O–H groups in total. The van der Waals surface area contributed by atoms with Crippen molar-refractivity contribution in [3.8, 4) is 0 Å². The quantitative estimate of drug-likeness (QED) is 0.514. The van der Waals surface area contributed by atoms with Crippen LogP contribution in [0.4, 0.5) is 0 Å². The summed E-state index contributed by atoms with van der Waals surface area (Å²) in [5.74, 6) is 0.854. The molecule has 9 heteroatoms. The molecule has 21 heavy (non-hydrogen) atoms. The number of fused-ring (bicyclic) bond motifs is 1. The van der Waals surface area contributed by atoms with Crippen molar-refractivity contribution in [3.05, 3.63) is 12.7 Å². The fourth-order valence-electron chi connectivity index (χ4n) is 2.37. The SMILES string of the molecule is CCSc1ncnc2c1ncn2C1O[C@H](CO)[C@@H](O)[C@H]1O. The van der Waals surface area contributed by atoms with Crippen molar-refractivity contribution in [2.45, 2.75) is 36.5 Å². The van der Waals surface area contributed by atoms with Crippen molar-refractivity contribution in [3.63, 3.8) is 0 Å². The number of nitrogens with zero attached hydrogens (tertiary/aromatic N) is 4. The zero-order valence-electron chi connectivity index (χ0n) is 11.3. The highest BCUT2D eigenvalue weighted by Crippen LogP contribution is 2.32. The van der Waals surface area contributed by atoms with Gasteiger partial charge in [-0.2, -0.15) is 0 Å². The molecule has 1 saturated heterocycles. The van der Waals surface area contributed by atoms with Crippen LogP contribution >= 0.6 is 11.8 Å². The Balaban J connectivity index is 2.00. The molecule has 1 aliphatic rings. The predicted octanol–water partition coefficient (Wildman–Crippen LogP) is -0.450. The van der Waals surface area contributed by atoms with Crippen molar-refractivity contribution < 1.29 is 20.1 Å². The van der Waals surface area contributed by atoms with Crippen molar-refractivity contribution >= 4 is 22.9 Å². The van der Waals surface area contributed by atoms with Crippen molar-refractivity contribution in [2.75, 3.05) is 12.4 Å². The highest BCUT2D eigenvalue weighted by atomic mass is 32.2. The first-order chi connectivity index (χ1) is 10.2. The molecule has 0 radical (unpaired) electrons. The second-order valence-corrected chi connectivity index (χ2v) is 5.92. The van der Waals surface area contributed by atoms with E-state index in [0.29, 0.717) is 11.2 Å². The first-order valence-electron chi connectivity index (χ1n) is 6.60. The van der Waals surface area contributed by atoms with Gasteiger partial charge in [0.1, 0.15) is 35.2 Å². The topological polar surface area (TPSA) is 114 Å². The van der Waals surface area contributed by atoms with Crippen LogP contribution in [-0.4, -0.2) is 65.5 Å². The van der Waals surface area contributed by atoms with Crippen LogP contribution in [0.2, 0.25) is 0 Å². The zero-order valence-corrected chi connectivity index (χ0v) is 12.1. The summed E-state index contributed by atoms with van der Waals surface area (Å²) in [6, 6.07) is 0. The second-order valence-electron chi connectivity index (χ2n) is 4.66. The van der Waals surface area contributed by atoms with E-state index < -0.39 is 24.5 Å². The van der Waals surface area contributed by atoms with E-state index in [-0.39, 0.29) is 6.61 Å². The van der Waals surface area contributed by atoms with E-state index in [1.807, 2.05) is 6.92 Å². The zero-order chi connectivity index (χ0) is 15.0. The molecular weight excluding hydrogens is 296 g/mol. The van der Waals surface area contributed by atoms with E-state index in [0.717, 1.165) is 10.8 Å². The molecule has 0 bridgehead atoms. The molecule has 114 valence electrons. The lowest BCUT2D eigenvalue weighted by Gasteiger charge is -2.16. The number of imidazole rings is 1. The Morgan fingerprint density at radius 2 is 2.10 bits per heavy atom. The van der Waals surface area contributed by atoms with Gasteiger partial charge in [0, 0.05) is 0 Å². The Bertz CT molecular complexity index is 637. The average molecular weight is 312 g/mol. The summed E-state index contributed by atoms with van der Waals surface area (Å²) in [5, 5.41) is 29.8. The molecule has 2 aromatic rings. The van der Waals surface area contributed by atoms with Crippen LogP contribution in [0, 0.1) is 0 Å². The molecule has 0 aromatic carbocycles.